The number of fused-ring (bicyclic) bond motifs is 4. The van der Waals surface area contributed by atoms with Gasteiger partial charge in [0, 0.05) is 23.6 Å². The van der Waals surface area contributed by atoms with Crippen molar-refractivity contribution in [2.24, 2.45) is 0 Å². The van der Waals surface area contributed by atoms with Crippen LogP contribution < -0.4 is 5.32 Å². The number of hydrogen-bond acceptors (Lipinski definition) is 3. The van der Waals surface area contributed by atoms with Crippen LogP contribution in [0.25, 0.3) is 27.7 Å². The molecule has 1 aliphatic heterocycles. The Kier molecular flexibility index (Phi) is 3.66. The number of benzene rings is 2. The molecule has 2 aromatic carbocycles. The lowest BCUT2D eigenvalue weighted by molar-refractivity contribution is 0.521. The van der Waals surface area contributed by atoms with Gasteiger partial charge in [0.15, 0.2) is 5.82 Å². The molecule has 0 saturated heterocycles. The number of nitrogens with zero attached hydrogens (tertiary/aromatic N) is 4. The van der Waals surface area contributed by atoms with Gasteiger partial charge in [0.1, 0.15) is 11.6 Å². The lowest BCUT2D eigenvalue weighted by Crippen LogP contribution is -2.37. The van der Waals surface area contributed by atoms with Gasteiger partial charge in [-0.25, -0.2) is 4.39 Å². The molecule has 148 valence electrons. The lowest BCUT2D eigenvalue weighted by Gasteiger charge is -2.35. The quantitative estimate of drug-likeness (QED) is 0.504. The maximum absolute atomic E-state index is 15.4. The van der Waals surface area contributed by atoms with Crippen LogP contribution in [0, 0.1) is 19.7 Å². The summed E-state index contributed by atoms with van der Waals surface area (Å²) < 4.78 is 19.6. The fourth-order valence-corrected chi connectivity index (χ4v) is 4.55. The number of anilines is 1. The van der Waals surface area contributed by atoms with Gasteiger partial charge in [-0.15, -0.1) is 10.2 Å². The number of halogens is 1. The molecule has 0 bridgehead atoms. The molecule has 6 heteroatoms. The van der Waals surface area contributed by atoms with Crippen LogP contribution in [0.4, 0.5) is 10.1 Å². The second-order valence-electron chi connectivity index (χ2n) is 8.25. The molecule has 1 N–H and O–H groups in total. The molecule has 0 radical (unpaired) electrons. The second-order valence-corrected chi connectivity index (χ2v) is 8.25. The minimum Gasteiger partial charge on any atom is -0.369 e. The Morgan fingerprint density at radius 2 is 1.90 bits per heavy atom. The molecule has 4 aromatic rings. The normalized spacial score (nSPS) is 14.6. The highest BCUT2D eigenvalue weighted by atomic mass is 19.1. The molecule has 0 saturated carbocycles. The summed E-state index contributed by atoms with van der Waals surface area (Å²) in [5.74, 6) is 1.28. The Labute approximate surface area is 169 Å². The Bertz CT molecular complexity index is 1280. The first kappa shape index (κ1) is 17.9. The van der Waals surface area contributed by atoms with Crippen LogP contribution >= 0.6 is 0 Å². The summed E-state index contributed by atoms with van der Waals surface area (Å²) in [4.78, 5) is 0. The molecule has 2 aromatic heterocycles. The van der Waals surface area contributed by atoms with Gasteiger partial charge in [-0.3, -0.25) is 4.57 Å². The summed E-state index contributed by atoms with van der Waals surface area (Å²) in [7, 11) is 0. The van der Waals surface area contributed by atoms with Crippen LogP contribution in [0.2, 0.25) is 0 Å². The van der Waals surface area contributed by atoms with Gasteiger partial charge in [-0.2, -0.15) is 0 Å². The van der Waals surface area contributed by atoms with E-state index in [1.165, 1.54) is 0 Å². The van der Waals surface area contributed by atoms with Gasteiger partial charge < -0.3 is 9.88 Å². The molecule has 0 unspecified atom stereocenters. The van der Waals surface area contributed by atoms with Gasteiger partial charge in [-0.05, 0) is 69.5 Å². The largest absolute Gasteiger partial charge is 0.369 e. The van der Waals surface area contributed by atoms with Crippen LogP contribution in [0.3, 0.4) is 0 Å². The van der Waals surface area contributed by atoms with E-state index in [4.69, 9.17) is 0 Å². The third-order valence-electron chi connectivity index (χ3n) is 6.00. The van der Waals surface area contributed by atoms with Crippen molar-refractivity contribution in [1.82, 2.24) is 19.3 Å². The summed E-state index contributed by atoms with van der Waals surface area (Å²) in [5, 5.41) is 13.1. The van der Waals surface area contributed by atoms with E-state index < -0.39 is 5.54 Å². The summed E-state index contributed by atoms with van der Waals surface area (Å²) in [6.45, 7) is 11.0. The molecule has 0 atom stereocenters. The van der Waals surface area contributed by atoms with Gasteiger partial charge in [-0.1, -0.05) is 12.1 Å². The highest BCUT2D eigenvalue weighted by Gasteiger charge is 2.37. The monoisotopic (exact) mass is 389 g/mol. The highest BCUT2D eigenvalue weighted by Crippen LogP contribution is 2.44. The Morgan fingerprint density at radius 1 is 1.10 bits per heavy atom. The van der Waals surface area contributed by atoms with E-state index in [0.29, 0.717) is 5.69 Å². The van der Waals surface area contributed by atoms with Crippen LogP contribution in [-0.2, 0) is 12.1 Å². The molecule has 0 amide bonds. The topological polar surface area (TPSA) is 47.7 Å². The van der Waals surface area contributed by atoms with E-state index in [1.807, 2.05) is 38.3 Å². The van der Waals surface area contributed by atoms with Crippen LogP contribution in [0.15, 0.2) is 36.5 Å². The zero-order valence-corrected chi connectivity index (χ0v) is 17.3. The predicted octanol–water partition coefficient (Wildman–Crippen LogP) is 5.33. The van der Waals surface area contributed by atoms with Crippen molar-refractivity contribution in [2.75, 3.05) is 5.32 Å². The molecule has 0 spiro atoms. The first-order chi connectivity index (χ1) is 13.8. The van der Waals surface area contributed by atoms with Crippen LogP contribution in [0.5, 0.6) is 0 Å². The molecular weight excluding hydrogens is 365 g/mol. The summed E-state index contributed by atoms with van der Waals surface area (Å²) in [6, 6.07) is 9.98. The lowest BCUT2D eigenvalue weighted by atomic mass is 9.92. The summed E-state index contributed by atoms with van der Waals surface area (Å²) in [6.07, 6.45) is 2.09. The minimum atomic E-state index is -0.512. The molecule has 0 fully saturated rings. The van der Waals surface area contributed by atoms with Crippen molar-refractivity contribution in [3.63, 3.8) is 0 Å². The summed E-state index contributed by atoms with van der Waals surface area (Å²) >= 11 is 0. The zero-order valence-electron chi connectivity index (χ0n) is 17.3. The molecule has 29 heavy (non-hydrogen) atoms. The van der Waals surface area contributed by atoms with E-state index in [1.54, 1.807) is 6.07 Å². The smallest absolute Gasteiger partial charge is 0.162 e. The van der Waals surface area contributed by atoms with E-state index in [9.17, 15) is 0 Å². The minimum absolute atomic E-state index is 0.264. The standard InChI is InChI=1S/C23H24FN5/c1-6-28-11-10-16-15(8-7-9-19(16)28)17-12-18(24)20-21(13(17)2)29-14(3)26-27-22(29)23(4,5)25-20/h7-12,25H,6H2,1-5H3. The zero-order chi connectivity index (χ0) is 20.5. The van der Waals surface area contributed by atoms with Crippen molar-refractivity contribution in [3.8, 4) is 16.8 Å². The van der Waals surface area contributed by atoms with Gasteiger partial charge in [0.25, 0.3) is 0 Å². The third kappa shape index (κ3) is 2.38. The Morgan fingerprint density at radius 3 is 2.66 bits per heavy atom. The van der Waals surface area contributed by atoms with Crippen molar-refractivity contribution in [3.05, 3.63) is 59.6 Å². The Balaban J connectivity index is 1.84. The molecule has 5 nitrogen and oxygen atoms in total. The first-order valence-electron chi connectivity index (χ1n) is 9.96. The number of aromatic nitrogens is 4. The van der Waals surface area contributed by atoms with E-state index >= 15 is 4.39 Å². The van der Waals surface area contributed by atoms with Gasteiger partial charge in [0.2, 0.25) is 0 Å². The van der Waals surface area contributed by atoms with Gasteiger partial charge in [0.05, 0.1) is 16.9 Å². The van der Waals surface area contributed by atoms with Crippen LogP contribution in [0.1, 0.15) is 38.0 Å². The molecule has 0 aliphatic carbocycles. The van der Waals surface area contributed by atoms with Crippen molar-refractivity contribution in [2.45, 2.75) is 46.7 Å². The number of rotatable bonds is 2. The average molecular weight is 389 g/mol. The van der Waals surface area contributed by atoms with Crippen molar-refractivity contribution in [1.29, 1.82) is 0 Å². The maximum Gasteiger partial charge on any atom is 0.162 e. The number of hydrogen-bond donors (Lipinski definition) is 1. The number of nitrogens with one attached hydrogen (secondary N) is 1. The third-order valence-corrected chi connectivity index (χ3v) is 6.00. The van der Waals surface area contributed by atoms with Gasteiger partial charge >= 0.3 is 0 Å². The summed E-state index contributed by atoms with van der Waals surface area (Å²) in [5.41, 5.74) is 4.87. The molecular formula is C23H24FN5. The van der Waals surface area contributed by atoms with E-state index in [-0.39, 0.29) is 5.82 Å². The molecule has 1 aliphatic rings. The van der Waals surface area contributed by atoms with E-state index in [2.05, 4.69) is 51.4 Å². The number of aryl methyl sites for hydroxylation is 2. The van der Waals surface area contributed by atoms with E-state index in [0.717, 1.165) is 51.5 Å². The Hall–Kier alpha value is -3.15. The predicted molar refractivity (Wildman–Crippen MR) is 114 cm³/mol. The maximum atomic E-state index is 15.4. The first-order valence-corrected chi connectivity index (χ1v) is 9.96. The fourth-order valence-electron chi connectivity index (χ4n) is 4.55. The average Bonchev–Trinajstić information content (AvgIpc) is 3.28. The SMILES string of the molecule is CCn1ccc2c(-c3cc(F)c4c(c3C)-n3c(C)nnc3C(C)(C)N4)cccc21. The van der Waals surface area contributed by atoms with Crippen molar-refractivity contribution >= 4 is 16.6 Å². The van der Waals surface area contributed by atoms with Crippen molar-refractivity contribution < 1.29 is 4.39 Å². The fraction of sp³-hybridized carbons (Fsp3) is 0.304. The molecule has 3 heterocycles. The second kappa shape index (κ2) is 5.92. The molecule has 5 rings (SSSR count). The highest BCUT2D eigenvalue weighted by molar-refractivity contribution is 5.97. The van der Waals surface area contributed by atoms with Crippen LogP contribution in [-0.4, -0.2) is 19.3 Å².